The molecule has 1 aromatic rings. The number of alkyl carbamates (subject to hydrolysis) is 1. The molecule has 1 amide bonds. The van der Waals surface area contributed by atoms with E-state index in [1.54, 1.807) is 0 Å². The van der Waals surface area contributed by atoms with E-state index in [1.165, 1.54) is 12.5 Å². The third kappa shape index (κ3) is 5.47. The monoisotopic (exact) mass is 254 g/mol. The number of oxazole rings is 1. The van der Waals surface area contributed by atoms with Crippen LogP contribution in [0, 0.1) is 0 Å². The minimum Gasteiger partial charge on any atom is -0.450 e. The van der Waals surface area contributed by atoms with Gasteiger partial charge in [-0.15, -0.1) is 0 Å². The number of hydrogen-bond donors (Lipinski definition) is 1. The number of nitrogens with zero attached hydrogens (tertiary/aromatic N) is 1. The van der Waals surface area contributed by atoms with E-state index in [4.69, 9.17) is 9.15 Å². The zero-order valence-electron chi connectivity index (χ0n) is 10.5. The van der Waals surface area contributed by atoms with Crippen molar-refractivity contribution >= 4 is 11.9 Å². The van der Waals surface area contributed by atoms with Gasteiger partial charge in [-0.05, 0) is 6.42 Å². The summed E-state index contributed by atoms with van der Waals surface area (Å²) < 4.78 is 9.70. The van der Waals surface area contributed by atoms with Crippen LogP contribution in [0.15, 0.2) is 16.9 Å². The molecule has 0 spiro atoms. The second kappa shape index (κ2) is 8.27. The van der Waals surface area contributed by atoms with Gasteiger partial charge in [-0.25, -0.2) is 9.78 Å². The van der Waals surface area contributed by atoms with Gasteiger partial charge in [-0.1, -0.05) is 26.2 Å². The summed E-state index contributed by atoms with van der Waals surface area (Å²) in [6, 6.07) is 0. The fraction of sp³-hybridized carbons (Fsp3) is 0.583. The first-order valence-electron chi connectivity index (χ1n) is 6.07. The van der Waals surface area contributed by atoms with Gasteiger partial charge in [0.1, 0.15) is 6.26 Å². The molecule has 0 atom stereocenters. The van der Waals surface area contributed by atoms with Crippen molar-refractivity contribution in [2.75, 3.05) is 13.2 Å². The molecule has 100 valence electrons. The molecule has 0 fully saturated rings. The van der Waals surface area contributed by atoms with E-state index in [-0.39, 0.29) is 18.2 Å². The summed E-state index contributed by atoms with van der Waals surface area (Å²) in [7, 11) is 0. The maximum Gasteiger partial charge on any atom is 0.407 e. The molecular formula is C12H18N2O4. The number of unbranched alkanes of at least 4 members (excludes halogenated alkanes) is 3. The van der Waals surface area contributed by atoms with Crippen LogP contribution in [0.25, 0.3) is 0 Å². The Balaban J connectivity index is 2.08. The van der Waals surface area contributed by atoms with E-state index in [9.17, 15) is 9.59 Å². The highest BCUT2D eigenvalue weighted by molar-refractivity contribution is 5.94. The fourth-order valence-electron chi connectivity index (χ4n) is 1.33. The number of Topliss-reactive ketones (excluding diaryl/α,β-unsaturated/α-hetero) is 1. The lowest BCUT2D eigenvalue weighted by Crippen LogP contribution is -2.30. The SMILES string of the molecule is CCCCCCOC(=O)NCC(=O)c1ncco1. The van der Waals surface area contributed by atoms with Crippen molar-refractivity contribution in [3.05, 3.63) is 18.4 Å². The van der Waals surface area contributed by atoms with E-state index in [0.29, 0.717) is 6.61 Å². The third-order valence-electron chi connectivity index (χ3n) is 2.30. The number of ketones is 1. The number of ether oxygens (including phenoxy) is 1. The van der Waals surface area contributed by atoms with E-state index < -0.39 is 6.09 Å². The van der Waals surface area contributed by atoms with Crippen molar-refractivity contribution in [2.24, 2.45) is 0 Å². The van der Waals surface area contributed by atoms with Gasteiger partial charge in [0, 0.05) is 0 Å². The van der Waals surface area contributed by atoms with Gasteiger partial charge in [-0.2, -0.15) is 0 Å². The van der Waals surface area contributed by atoms with E-state index in [0.717, 1.165) is 25.7 Å². The molecule has 6 nitrogen and oxygen atoms in total. The van der Waals surface area contributed by atoms with Gasteiger partial charge in [-0.3, -0.25) is 4.79 Å². The highest BCUT2D eigenvalue weighted by atomic mass is 16.5. The van der Waals surface area contributed by atoms with Gasteiger partial charge in [0.2, 0.25) is 5.78 Å². The van der Waals surface area contributed by atoms with Crippen LogP contribution in [0.5, 0.6) is 0 Å². The molecule has 1 N–H and O–H groups in total. The number of rotatable bonds is 8. The zero-order valence-corrected chi connectivity index (χ0v) is 10.5. The van der Waals surface area contributed by atoms with Gasteiger partial charge in [0.05, 0.1) is 19.3 Å². The molecule has 1 heterocycles. The van der Waals surface area contributed by atoms with Crippen molar-refractivity contribution in [3.63, 3.8) is 0 Å². The van der Waals surface area contributed by atoms with Crippen molar-refractivity contribution < 1.29 is 18.7 Å². The lowest BCUT2D eigenvalue weighted by Gasteiger charge is -2.05. The van der Waals surface area contributed by atoms with Crippen molar-refractivity contribution in [3.8, 4) is 0 Å². The Bertz CT molecular complexity index is 362. The second-order valence-corrected chi connectivity index (χ2v) is 3.81. The molecule has 1 rings (SSSR count). The molecule has 0 aliphatic heterocycles. The van der Waals surface area contributed by atoms with Crippen LogP contribution < -0.4 is 5.32 Å². The molecule has 6 heteroatoms. The Hall–Kier alpha value is -1.85. The maximum atomic E-state index is 11.4. The van der Waals surface area contributed by atoms with Crippen LogP contribution >= 0.6 is 0 Å². The predicted molar refractivity (Wildman–Crippen MR) is 64.3 cm³/mol. The summed E-state index contributed by atoms with van der Waals surface area (Å²) in [5.74, 6) is -0.402. The molecule has 0 radical (unpaired) electrons. The number of carbonyl (C=O) groups excluding carboxylic acids is 2. The van der Waals surface area contributed by atoms with Crippen molar-refractivity contribution in [1.82, 2.24) is 10.3 Å². The van der Waals surface area contributed by atoms with Crippen molar-refractivity contribution in [1.29, 1.82) is 0 Å². The number of aromatic nitrogens is 1. The normalized spacial score (nSPS) is 10.1. The minimum atomic E-state index is -0.591. The van der Waals surface area contributed by atoms with Gasteiger partial charge in [0.15, 0.2) is 0 Å². The van der Waals surface area contributed by atoms with Crippen LogP contribution in [0.3, 0.4) is 0 Å². The second-order valence-electron chi connectivity index (χ2n) is 3.81. The fourth-order valence-corrected chi connectivity index (χ4v) is 1.33. The average Bonchev–Trinajstić information content (AvgIpc) is 2.89. The van der Waals surface area contributed by atoms with E-state index >= 15 is 0 Å². The highest BCUT2D eigenvalue weighted by Crippen LogP contribution is 1.99. The summed E-state index contributed by atoms with van der Waals surface area (Å²) in [5.41, 5.74) is 0. The van der Waals surface area contributed by atoms with Gasteiger partial charge < -0.3 is 14.5 Å². The number of nitrogens with one attached hydrogen (secondary N) is 1. The standard InChI is InChI=1S/C12H18N2O4/c1-2-3-4-5-7-18-12(16)14-9-10(15)11-13-6-8-17-11/h6,8H,2-5,7,9H2,1H3,(H,14,16). The summed E-state index contributed by atoms with van der Waals surface area (Å²) >= 11 is 0. The topological polar surface area (TPSA) is 81.4 Å². The Labute approximate surface area is 106 Å². The predicted octanol–water partition coefficient (Wildman–Crippen LogP) is 2.16. The van der Waals surface area contributed by atoms with E-state index in [1.807, 2.05) is 0 Å². The summed E-state index contributed by atoms with van der Waals surface area (Å²) in [4.78, 5) is 26.3. The highest BCUT2D eigenvalue weighted by Gasteiger charge is 2.12. The zero-order chi connectivity index (χ0) is 13.2. The lowest BCUT2D eigenvalue weighted by molar-refractivity contribution is 0.0944. The first kappa shape index (κ1) is 14.2. The summed E-state index contributed by atoms with van der Waals surface area (Å²) in [6.45, 7) is 2.31. The third-order valence-corrected chi connectivity index (χ3v) is 2.30. The number of hydrogen-bond acceptors (Lipinski definition) is 5. The molecule has 0 unspecified atom stereocenters. The molecule has 0 saturated heterocycles. The Kier molecular flexibility index (Phi) is 6.53. The van der Waals surface area contributed by atoms with Crippen molar-refractivity contribution in [2.45, 2.75) is 32.6 Å². The molecule has 0 aliphatic rings. The molecule has 0 saturated carbocycles. The largest absolute Gasteiger partial charge is 0.450 e. The van der Waals surface area contributed by atoms with Crippen LogP contribution in [-0.4, -0.2) is 30.0 Å². The molecule has 0 aliphatic carbocycles. The van der Waals surface area contributed by atoms with E-state index in [2.05, 4.69) is 17.2 Å². The minimum absolute atomic E-state index is 0.0155. The summed E-state index contributed by atoms with van der Waals surface area (Å²) in [5, 5.41) is 2.35. The van der Waals surface area contributed by atoms with Crippen LogP contribution in [0.1, 0.15) is 43.3 Å². The first-order valence-corrected chi connectivity index (χ1v) is 6.07. The Morgan fingerprint density at radius 3 is 2.89 bits per heavy atom. The smallest absolute Gasteiger partial charge is 0.407 e. The van der Waals surface area contributed by atoms with Crippen LogP contribution in [-0.2, 0) is 4.74 Å². The Morgan fingerprint density at radius 2 is 2.22 bits per heavy atom. The van der Waals surface area contributed by atoms with Crippen LogP contribution in [0.2, 0.25) is 0 Å². The molecule has 0 aromatic carbocycles. The molecule has 18 heavy (non-hydrogen) atoms. The molecule has 0 bridgehead atoms. The Morgan fingerprint density at radius 1 is 1.39 bits per heavy atom. The molecule has 1 aromatic heterocycles. The maximum absolute atomic E-state index is 11.4. The lowest BCUT2D eigenvalue weighted by atomic mass is 10.2. The summed E-state index contributed by atoms with van der Waals surface area (Å²) in [6.07, 6.45) is 6.24. The first-order chi connectivity index (χ1) is 8.74. The van der Waals surface area contributed by atoms with Crippen LogP contribution in [0.4, 0.5) is 4.79 Å². The van der Waals surface area contributed by atoms with Gasteiger partial charge >= 0.3 is 6.09 Å². The molecular weight excluding hydrogens is 236 g/mol. The number of amides is 1. The van der Waals surface area contributed by atoms with Gasteiger partial charge in [0.25, 0.3) is 5.89 Å². The average molecular weight is 254 g/mol. The number of carbonyl (C=O) groups is 2. The quantitative estimate of drug-likeness (QED) is 0.568.